The number of aryl methyl sites for hydroxylation is 1. The summed E-state index contributed by atoms with van der Waals surface area (Å²) < 4.78 is 11.7. The number of methoxy groups -OCH3 is 1. The molecule has 3 aromatic heterocycles. The van der Waals surface area contributed by atoms with E-state index in [2.05, 4.69) is 26.5 Å². The van der Waals surface area contributed by atoms with Crippen LogP contribution in [0.2, 0.25) is 0 Å². The zero-order chi connectivity index (χ0) is 23.8. The monoisotopic (exact) mass is 457 g/mol. The van der Waals surface area contributed by atoms with Gasteiger partial charge in [-0.25, -0.2) is 9.78 Å². The fourth-order valence-electron chi connectivity index (χ4n) is 3.73. The van der Waals surface area contributed by atoms with Gasteiger partial charge in [-0.3, -0.25) is 9.20 Å². The van der Waals surface area contributed by atoms with Gasteiger partial charge in [0, 0.05) is 30.5 Å². The van der Waals surface area contributed by atoms with Crippen LogP contribution < -0.4 is 5.32 Å². The lowest BCUT2D eigenvalue weighted by Gasteiger charge is -2.35. The number of hydrogen-bond donors (Lipinski definition) is 1. The van der Waals surface area contributed by atoms with Crippen LogP contribution in [-0.4, -0.2) is 56.6 Å². The van der Waals surface area contributed by atoms with E-state index < -0.39 is 0 Å². The minimum Gasteiger partial charge on any atom is -0.453 e. The van der Waals surface area contributed by atoms with E-state index in [0.717, 1.165) is 5.56 Å². The number of anilines is 1. The highest BCUT2D eigenvalue weighted by atomic mass is 16.5. The Balaban J connectivity index is 1.35. The predicted octanol–water partition coefficient (Wildman–Crippen LogP) is 2.98. The molecule has 11 nitrogen and oxygen atoms in total. The van der Waals surface area contributed by atoms with Crippen molar-refractivity contribution in [2.24, 2.45) is 0 Å². The Labute approximate surface area is 193 Å². The van der Waals surface area contributed by atoms with Crippen LogP contribution in [0.3, 0.4) is 0 Å². The molecule has 170 valence electrons. The van der Waals surface area contributed by atoms with Gasteiger partial charge in [-0.05, 0) is 30.7 Å². The summed E-state index contributed by atoms with van der Waals surface area (Å²) in [6.07, 6.45) is 2.65. The van der Waals surface area contributed by atoms with Gasteiger partial charge in [0.25, 0.3) is 5.91 Å². The largest absolute Gasteiger partial charge is 0.453 e. The number of likely N-dealkylation sites (tertiary alicyclic amines) is 1. The van der Waals surface area contributed by atoms with Crippen molar-refractivity contribution in [1.82, 2.24) is 24.4 Å². The van der Waals surface area contributed by atoms with Crippen molar-refractivity contribution in [2.75, 3.05) is 25.5 Å². The Kier molecular flexibility index (Phi) is 5.18. The van der Waals surface area contributed by atoms with Crippen LogP contribution in [0.4, 0.5) is 10.5 Å². The van der Waals surface area contributed by atoms with Crippen LogP contribution in [0, 0.1) is 18.3 Å². The van der Waals surface area contributed by atoms with Gasteiger partial charge in [-0.2, -0.15) is 10.2 Å². The van der Waals surface area contributed by atoms with Crippen molar-refractivity contribution in [3.63, 3.8) is 0 Å². The predicted molar refractivity (Wildman–Crippen MR) is 119 cm³/mol. The summed E-state index contributed by atoms with van der Waals surface area (Å²) >= 11 is 0. The van der Waals surface area contributed by atoms with Gasteiger partial charge in [0.1, 0.15) is 17.4 Å². The maximum atomic E-state index is 13.0. The number of aromatic nitrogens is 4. The summed E-state index contributed by atoms with van der Waals surface area (Å²) in [4.78, 5) is 34.8. The van der Waals surface area contributed by atoms with Crippen molar-refractivity contribution in [3.05, 3.63) is 65.4 Å². The van der Waals surface area contributed by atoms with Crippen LogP contribution >= 0.6 is 0 Å². The average molecular weight is 457 g/mol. The van der Waals surface area contributed by atoms with Gasteiger partial charge in [-0.1, -0.05) is 17.3 Å². The third-order valence-electron chi connectivity index (χ3n) is 5.72. The Hall–Kier alpha value is -4.72. The third-order valence-corrected chi connectivity index (χ3v) is 5.72. The molecule has 34 heavy (non-hydrogen) atoms. The minimum absolute atomic E-state index is 0.0431. The van der Waals surface area contributed by atoms with Gasteiger partial charge < -0.3 is 19.5 Å². The molecule has 11 heteroatoms. The number of nitrogens with zero attached hydrogens (tertiary/aromatic N) is 6. The van der Waals surface area contributed by atoms with Gasteiger partial charge in [0.2, 0.25) is 11.7 Å². The zero-order valence-electron chi connectivity index (χ0n) is 18.3. The summed E-state index contributed by atoms with van der Waals surface area (Å²) in [6, 6.07) is 10.9. The molecular weight excluding hydrogens is 438 g/mol. The molecule has 0 saturated carbocycles. The van der Waals surface area contributed by atoms with E-state index in [4.69, 9.17) is 14.5 Å². The summed E-state index contributed by atoms with van der Waals surface area (Å²) in [7, 11) is 1.34. The van der Waals surface area contributed by atoms with Crippen LogP contribution in [-0.2, 0) is 4.74 Å². The van der Waals surface area contributed by atoms with E-state index in [1.54, 1.807) is 33.7 Å². The van der Waals surface area contributed by atoms with Gasteiger partial charge >= 0.3 is 6.09 Å². The summed E-state index contributed by atoms with van der Waals surface area (Å²) in [6.45, 7) is 2.78. The third kappa shape index (κ3) is 3.71. The number of nitrogens with one attached hydrogen (secondary N) is 1. The molecule has 0 spiro atoms. The molecule has 4 heterocycles. The first-order valence-corrected chi connectivity index (χ1v) is 10.4. The number of hydrogen-bond acceptors (Lipinski definition) is 8. The Morgan fingerprint density at radius 3 is 2.85 bits per heavy atom. The van der Waals surface area contributed by atoms with Crippen molar-refractivity contribution < 1.29 is 18.8 Å². The SMILES string of the molecule is COC(=O)N1CC(c2nc(-c3ccc(C)c(NC(=O)c4cnc5ccc(C#N)cn45)c3)no2)C1. The van der Waals surface area contributed by atoms with Crippen molar-refractivity contribution in [1.29, 1.82) is 5.26 Å². The average Bonchev–Trinajstić information content (AvgIpc) is 3.46. The first-order valence-electron chi connectivity index (χ1n) is 10.4. The number of pyridine rings is 1. The molecule has 0 radical (unpaired) electrons. The lowest BCUT2D eigenvalue weighted by molar-refractivity contribution is 0.0804. The number of imidazole rings is 1. The number of ether oxygens (including phenoxy) is 1. The number of carbonyl (C=O) groups is 2. The van der Waals surface area contributed by atoms with Gasteiger partial charge in [0.05, 0.1) is 24.8 Å². The topological polar surface area (TPSA) is 139 Å². The molecule has 1 fully saturated rings. The Morgan fingerprint density at radius 1 is 1.26 bits per heavy atom. The fourth-order valence-corrected chi connectivity index (χ4v) is 3.73. The lowest BCUT2D eigenvalue weighted by Crippen LogP contribution is -2.48. The highest BCUT2D eigenvalue weighted by molar-refractivity contribution is 6.04. The molecule has 1 saturated heterocycles. The molecule has 0 aliphatic carbocycles. The maximum Gasteiger partial charge on any atom is 0.409 e. The van der Waals surface area contributed by atoms with E-state index >= 15 is 0 Å². The molecule has 0 unspecified atom stereocenters. The highest BCUT2D eigenvalue weighted by Gasteiger charge is 2.36. The van der Waals surface area contributed by atoms with Crippen LogP contribution in [0.25, 0.3) is 17.0 Å². The normalized spacial score (nSPS) is 13.4. The van der Waals surface area contributed by atoms with Crippen LogP contribution in [0.5, 0.6) is 0 Å². The molecule has 4 aromatic rings. The number of amides is 2. The number of benzene rings is 1. The highest BCUT2D eigenvalue weighted by Crippen LogP contribution is 2.29. The maximum absolute atomic E-state index is 13.0. The van der Waals surface area contributed by atoms with Crippen molar-refractivity contribution >= 4 is 23.3 Å². The first kappa shape index (κ1) is 21.1. The Bertz CT molecular complexity index is 1460. The second kappa shape index (κ2) is 8.32. The molecule has 0 atom stereocenters. The number of nitriles is 1. The van der Waals surface area contributed by atoms with E-state index in [1.807, 2.05) is 19.1 Å². The molecule has 0 bridgehead atoms. The fraction of sp³-hybridized carbons (Fsp3) is 0.217. The number of fused-ring (bicyclic) bond motifs is 1. The molecule has 1 N–H and O–H groups in total. The quantitative estimate of drug-likeness (QED) is 0.493. The number of carbonyl (C=O) groups excluding carboxylic acids is 2. The smallest absolute Gasteiger partial charge is 0.409 e. The molecule has 5 rings (SSSR count). The standard InChI is InChI=1S/C23H19N7O4/c1-13-3-5-15(20-27-22(34-28-20)16-11-29(12-16)23(32)33-2)7-17(13)26-21(31)18-9-25-19-6-4-14(8-24)10-30(18)19/h3-7,9-10,16H,11-12H2,1-2H3,(H,26,31). The van der Waals surface area contributed by atoms with E-state index in [9.17, 15) is 9.59 Å². The minimum atomic E-state index is -0.385. The second-order valence-electron chi connectivity index (χ2n) is 7.91. The molecule has 1 aliphatic rings. The van der Waals surface area contributed by atoms with Crippen LogP contribution in [0.1, 0.15) is 33.4 Å². The number of rotatable bonds is 4. The zero-order valence-corrected chi connectivity index (χ0v) is 18.3. The van der Waals surface area contributed by atoms with Crippen molar-refractivity contribution in [3.8, 4) is 17.5 Å². The summed E-state index contributed by atoms with van der Waals surface area (Å²) in [5.41, 5.74) is 3.40. The molecular formula is C23H19N7O4. The van der Waals surface area contributed by atoms with Gasteiger partial charge in [0.15, 0.2) is 0 Å². The summed E-state index contributed by atoms with van der Waals surface area (Å²) in [5, 5.41) is 16.1. The second-order valence-corrected chi connectivity index (χ2v) is 7.91. The van der Waals surface area contributed by atoms with Crippen molar-refractivity contribution in [2.45, 2.75) is 12.8 Å². The van der Waals surface area contributed by atoms with E-state index in [1.165, 1.54) is 13.3 Å². The molecule has 1 aromatic carbocycles. The van der Waals surface area contributed by atoms with Gasteiger partial charge in [-0.15, -0.1) is 0 Å². The lowest BCUT2D eigenvalue weighted by atomic mass is 10.0. The summed E-state index contributed by atoms with van der Waals surface area (Å²) in [5.74, 6) is 0.420. The van der Waals surface area contributed by atoms with E-state index in [0.29, 0.717) is 53.0 Å². The Morgan fingerprint density at radius 2 is 2.09 bits per heavy atom. The molecule has 1 aliphatic heterocycles. The molecule has 2 amide bonds. The van der Waals surface area contributed by atoms with Crippen LogP contribution in [0.15, 0.2) is 47.2 Å². The van der Waals surface area contributed by atoms with E-state index in [-0.39, 0.29) is 17.9 Å². The first-order chi connectivity index (χ1) is 16.5.